The van der Waals surface area contributed by atoms with E-state index in [-0.39, 0.29) is 23.2 Å². The number of oxime groups is 1. The fourth-order valence-electron chi connectivity index (χ4n) is 1.84. The molecular weight excluding hydrogens is 258 g/mol. The van der Waals surface area contributed by atoms with E-state index in [0.717, 1.165) is 0 Å². The van der Waals surface area contributed by atoms with Gasteiger partial charge in [0.05, 0.1) is 17.4 Å². The molecular formula is C10H19N3O4S. The first-order valence-corrected chi connectivity index (χ1v) is 7.71. The molecule has 1 aliphatic heterocycles. The third-order valence-corrected chi connectivity index (χ3v) is 4.66. The van der Waals surface area contributed by atoms with Gasteiger partial charge >= 0.3 is 0 Å². The van der Waals surface area contributed by atoms with Crippen molar-refractivity contribution in [3.63, 3.8) is 0 Å². The van der Waals surface area contributed by atoms with Gasteiger partial charge in [0.2, 0.25) is 5.91 Å². The van der Waals surface area contributed by atoms with Gasteiger partial charge in [0.25, 0.3) is 0 Å². The van der Waals surface area contributed by atoms with Crippen LogP contribution in [0.15, 0.2) is 5.16 Å². The molecule has 0 radical (unpaired) electrons. The summed E-state index contributed by atoms with van der Waals surface area (Å²) in [6.07, 6.45) is 2.31. The van der Waals surface area contributed by atoms with Crippen LogP contribution in [0.25, 0.3) is 0 Å². The molecule has 1 atom stereocenters. The SMILES string of the molecule is NC(CCCCNC(=O)C1CCS(=O)(=O)C1)=NO. The predicted molar refractivity (Wildman–Crippen MR) is 67.0 cm³/mol. The maximum atomic E-state index is 11.6. The van der Waals surface area contributed by atoms with Crippen LogP contribution in [-0.2, 0) is 14.6 Å². The highest BCUT2D eigenvalue weighted by Gasteiger charge is 2.32. The normalized spacial score (nSPS) is 22.9. The van der Waals surface area contributed by atoms with Crippen LogP contribution in [0.5, 0.6) is 0 Å². The number of carbonyl (C=O) groups excluding carboxylic acids is 1. The van der Waals surface area contributed by atoms with Crippen LogP contribution >= 0.6 is 0 Å². The third-order valence-electron chi connectivity index (χ3n) is 2.89. The Morgan fingerprint density at radius 1 is 1.44 bits per heavy atom. The molecule has 18 heavy (non-hydrogen) atoms. The smallest absolute Gasteiger partial charge is 0.224 e. The highest BCUT2D eigenvalue weighted by atomic mass is 32.2. The van der Waals surface area contributed by atoms with E-state index in [1.807, 2.05) is 0 Å². The Kier molecular flexibility index (Phi) is 5.39. The van der Waals surface area contributed by atoms with Crippen molar-refractivity contribution in [3.8, 4) is 0 Å². The van der Waals surface area contributed by atoms with E-state index in [1.54, 1.807) is 0 Å². The van der Waals surface area contributed by atoms with Gasteiger partial charge in [0, 0.05) is 13.0 Å². The molecule has 4 N–H and O–H groups in total. The summed E-state index contributed by atoms with van der Waals surface area (Å²) >= 11 is 0. The summed E-state index contributed by atoms with van der Waals surface area (Å²) < 4.78 is 22.4. The summed E-state index contributed by atoms with van der Waals surface area (Å²) in [4.78, 5) is 11.6. The number of sulfone groups is 1. The van der Waals surface area contributed by atoms with E-state index in [0.29, 0.717) is 32.2 Å². The van der Waals surface area contributed by atoms with Crippen LogP contribution in [0, 0.1) is 5.92 Å². The van der Waals surface area contributed by atoms with E-state index in [1.165, 1.54) is 0 Å². The van der Waals surface area contributed by atoms with Crippen molar-refractivity contribution < 1.29 is 18.4 Å². The lowest BCUT2D eigenvalue weighted by Crippen LogP contribution is -2.32. The second-order valence-electron chi connectivity index (χ2n) is 4.44. The van der Waals surface area contributed by atoms with Crippen molar-refractivity contribution in [1.82, 2.24) is 5.32 Å². The molecule has 0 aromatic carbocycles. The van der Waals surface area contributed by atoms with Gasteiger partial charge in [0.15, 0.2) is 9.84 Å². The molecule has 7 nitrogen and oxygen atoms in total. The molecule has 1 fully saturated rings. The minimum absolute atomic E-state index is 0.0387. The van der Waals surface area contributed by atoms with Crippen molar-refractivity contribution in [3.05, 3.63) is 0 Å². The van der Waals surface area contributed by atoms with Gasteiger partial charge in [-0.15, -0.1) is 0 Å². The first kappa shape index (κ1) is 14.7. The largest absolute Gasteiger partial charge is 0.409 e. The van der Waals surface area contributed by atoms with Crippen LogP contribution < -0.4 is 11.1 Å². The van der Waals surface area contributed by atoms with E-state index < -0.39 is 15.8 Å². The van der Waals surface area contributed by atoms with Gasteiger partial charge in [-0.1, -0.05) is 5.16 Å². The van der Waals surface area contributed by atoms with E-state index >= 15 is 0 Å². The zero-order valence-corrected chi connectivity index (χ0v) is 10.9. The summed E-state index contributed by atoms with van der Waals surface area (Å²) in [5, 5.41) is 13.9. The van der Waals surface area contributed by atoms with Crippen LogP contribution in [0.1, 0.15) is 25.7 Å². The first-order chi connectivity index (χ1) is 8.44. The topological polar surface area (TPSA) is 122 Å². The number of amidine groups is 1. The van der Waals surface area contributed by atoms with Gasteiger partial charge in [-0.05, 0) is 19.3 Å². The molecule has 1 heterocycles. The van der Waals surface area contributed by atoms with Gasteiger partial charge in [0.1, 0.15) is 5.84 Å². The quantitative estimate of drug-likeness (QED) is 0.198. The minimum atomic E-state index is -3.01. The highest BCUT2D eigenvalue weighted by Crippen LogP contribution is 2.18. The highest BCUT2D eigenvalue weighted by molar-refractivity contribution is 7.91. The molecule has 1 saturated heterocycles. The Labute approximate surface area is 106 Å². The maximum Gasteiger partial charge on any atom is 0.224 e. The molecule has 0 aliphatic carbocycles. The molecule has 0 saturated carbocycles. The Morgan fingerprint density at radius 3 is 2.72 bits per heavy atom. The average molecular weight is 277 g/mol. The molecule has 0 spiro atoms. The van der Waals surface area contributed by atoms with Crippen molar-refractivity contribution in [1.29, 1.82) is 0 Å². The summed E-state index contributed by atoms with van der Waals surface area (Å²) in [6, 6.07) is 0. The Morgan fingerprint density at radius 2 is 2.17 bits per heavy atom. The summed E-state index contributed by atoms with van der Waals surface area (Å²) in [6.45, 7) is 0.480. The summed E-state index contributed by atoms with van der Waals surface area (Å²) in [7, 11) is -3.01. The van der Waals surface area contributed by atoms with Crippen LogP contribution in [0.2, 0.25) is 0 Å². The zero-order chi connectivity index (χ0) is 13.6. The Hall–Kier alpha value is -1.31. The van der Waals surface area contributed by atoms with E-state index in [9.17, 15) is 13.2 Å². The third kappa shape index (κ3) is 4.91. The maximum absolute atomic E-state index is 11.6. The number of carbonyl (C=O) groups is 1. The molecule has 104 valence electrons. The lowest BCUT2D eigenvalue weighted by atomic mass is 10.1. The minimum Gasteiger partial charge on any atom is -0.409 e. The zero-order valence-electron chi connectivity index (χ0n) is 10.1. The number of hydrogen-bond acceptors (Lipinski definition) is 5. The van der Waals surface area contributed by atoms with Crippen molar-refractivity contribution in [2.45, 2.75) is 25.7 Å². The summed E-state index contributed by atoms with van der Waals surface area (Å²) in [5.41, 5.74) is 5.29. The molecule has 1 unspecified atom stereocenters. The van der Waals surface area contributed by atoms with Crippen molar-refractivity contribution in [2.24, 2.45) is 16.8 Å². The van der Waals surface area contributed by atoms with Crippen LogP contribution in [0.3, 0.4) is 0 Å². The monoisotopic (exact) mass is 277 g/mol. The second kappa shape index (κ2) is 6.58. The number of nitrogens with zero attached hydrogens (tertiary/aromatic N) is 1. The number of rotatable bonds is 6. The molecule has 8 heteroatoms. The van der Waals surface area contributed by atoms with Crippen molar-refractivity contribution in [2.75, 3.05) is 18.1 Å². The van der Waals surface area contributed by atoms with Gasteiger partial charge in [-0.3, -0.25) is 4.79 Å². The molecule has 0 aromatic rings. The van der Waals surface area contributed by atoms with Gasteiger partial charge in [-0.2, -0.15) is 0 Å². The van der Waals surface area contributed by atoms with Crippen molar-refractivity contribution >= 4 is 21.6 Å². The molecule has 1 aliphatic rings. The lowest BCUT2D eigenvalue weighted by Gasteiger charge is -2.08. The van der Waals surface area contributed by atoms with E-state index in [4.69, 9.17) is 10.9 Å². The second-order valence-corrected chi connectivity index (χ2v) is 6.67. The number of hydrogen-bond donors (Lipinski definition) is 3. The number of unbranched alkanes of at least 4 members (excludes halogenated alkanes) is 1. The number of nitrogens with two attached hydrogens (primary N) is 1. The molecule has 0 aromatic heterocycles. The fraction of sp³-hybridized carbons (Fsp3) is 0.800. The van der Waals surface area contributed by atoms with Gasteiger partial charge in [-0.25, -0.2) is 8.42 Å². The number of nitrogens with one attached hydrogen (secondary N) is 1. The standard InChI is InChI=1S/C10H19N3O4S/c11-9(13-15)3-1-2-5-12-10(14)8-4-6-18(16,17)7-8/h8,15H,1-7H2,(H2,11,13)(H,12,14). The summed E-state index contributed by atoms with van der Waals surface area (Å²) in [5.74, 6) is -0.362. The fourth-order valence-corrected chi connectivity index (χ4v) is 3.58. The molecule has 1 amide bonds. The van der Waals surface area contributed by atoms with E-state index in [2.05, 4.69) is 10.5 Å². The lowest BCUT2D eigenvalue weighted by molar-refractivity contribution is -0.124. The first-order valence-electron chi connectivity index (χ1n) is 5.89. The van der Waals surface area contributed by atoms with Crippen LogP contribution in [-0.4, -0.2) is 43.4 Å². The average Bonchev–Trinajstić information content (AvgIpc) is 2.68. The predicted octanol–water partition coefficient (Wildman–Crippen LogP) is -0.546. The van der Waals surface area contributed by atoms with Gasteiger partial charge < -0.3 is 16.3 Å². The molecule has 0 bridgehead atoms. The molecule has 1 rings (SSSR count). The number of amides is 1. The van der Waals surface area contributed by atoms with Crippen LogP contribution in [0.4, 0.5) is 0 Å². The Bertz CT molecular complexity index is 419. The Balaban J connectivity index is 2.15.